The van der Waals surface area contributed by atoms with E-state index in [9.17, 15) is 4.79 Å². The van der Waals surface area contributed by atoms with Crippen molar-refractivity contribution in [3.05, 3.63) is 47.4 Å². The molecule has 6 heteroatoms. The van der Waals surface area contributed by atoms with Crippen LogP contribution >= 0.6 is 0 Å². The SMILES string of the molecule is Cc1cc(Oc2ccccc2C)nc(C2CCN(C(=O)C(C)(C)N)C2)n1. The van der Waals surface area contributed by atoms with Gasteiger partial charge >= 0.3 is 0 Å². The van der Waals surface area contributed by atoms with E-state index in [1.807, 2.05) is 44.2 Å². The average molecular weight is 354 g/mol. The van der Waals surface area contributed by atoms with Crippen molar-refractivity contribution < 1.29 is 9.53 Å². The van der Waals surface area contributed by atoms with Crippen LogP contribution in [0.25, 0.3) is 0 Å². The van der Waals surface area contributed by atoms with Gasteiger partial charge in [-0.2, -0.15) is 4.98 Å². The van der Waals surface area contributed by atoms with E-state index >= 15 is 0 Å². The molecule has 1 atom stereocenters. The monoisotopic (exact) mass is 354 g/mol. The maximum absolute atomic E-state index is 12.4. The van der Waals surface area contributed by atoms with Crippen LogP contribution in [0.2, 0.25) is 0 Å². The van der Waals surface area contributed by atoms with Gasteiger partial charge in [-0.25, -0.2) is 4.98 Å². The summed E-state index contributed by atoms with van der Waals surface area (Å²) in [4.78, 5) is 23.4. The van der Waals surface area contributed by atoms with E-state index < -0.39 is 5.54 Å². The second-order valence-corrected chi connectivity index (χ2v) is 7.53. The van der Waals surface area contributed by atoms with Gasteiger partial charge in [-0.1, -0.05) is 18.2 Å². The largest absolute Gasteiger partial charge is 0.439 e. The number of carbonyl (C=O) groups is 1. The molecule has 2 N–H and O–H groups in total. The highest BCUT2D eigenvalue weighted by Gasteiger charge is 2.35. The summed E-state index contributed by atoms with van der Waals surface area (Å²) in [5.41, 5.74) is 6.99. The molecule has 1 aliphatic heterocycles. The lowest BCUT2D eigenvalue weighted by Gasteiger charge is -2.25. The van der Waals surface area contributed by atoms with Gasteiger partial charge in [0.25, 0.3) is 0 Å². The van der Waals surface area contributed by atoms with E-state index in [2.05, 4.69) is 9.97 Å². The molecular formula is C20H26N4O2. The molecule has 0 spiro atoms. The van der Waals surface area contributed by atoms with Crippen LogP contribution < -0.4 is 10.5 Å². The van der Waals surface area contributed by atoms with Gasteiger partial charge in [-0.15, -0.1) is 0 Å². The maximum atomic E-state index is 12.4. The Kier molecular flexibility index (Phi) is 4.96. The van der Waals surface area contributed by atoms with Crippen LogP contribution in [-0.2, 0) is 4.79 Å². The first kappa shape index (κ1) is 18.3. The van der Waals surface area contributed by atoms with Gasteiger partial charge in [-0.3, -0.25) is 4.79 Å². The summed E-state index contributed by atoms with van der Waals surface area (Å²) in [5, 5.41) is 0. The zero-order valence-corrected chi connectivity index (χ0v) is 15.8. The van der Waals surface area contributed by atoms with Crippen LogP contribution in [-0.4, -0.2) is 39.4 Å². The highest BCUT2D eigenvalue weighted by atomic mass is 16.5. The Labute approximate surface area is 154 Å². The van der Waals surface area contributed by atoms with E-state index in [0.717, 1.165) is 29.3 Å². The number of likely N-dealkylation sites (tertiary alicyclic amines) is 1. The second kappa shape index (κ2) is 7.03. The van der Waals surface area contributed by atoms with Crippen LogP contribution in [0.15, 0.2) is 30.3 Å². The van der Waals surface area contributed by atoms with E-state index in [4.69, 9.17) is 10.5 Å². The zero-order valence-electron chi connectivity index (χ0n) is 15.8. The Bertz CT molecular complexity index is 814. The highest BCUT2D eigenvalue weighted by Crippen LogP contribution is 2.29. The smallest absolute Gasteiger partial charge is 0.242 e. The fourth-order valence-corrected chi connectivity index (χ4v) is 3.14. The van der Waals surface area contributed by atoms with Crippen molar-refractivity contribution >= 4 is 5.91 Å². The number of nitrogens with two attached hydrogens (primary N) is 1. The van der Waals surface area contributed by atoms with Crippen molar-refractivity contribution in [2.24, 2.45) is 5.73 Å². The second-order valence-electron chi connectivity index (χ2n) is 7.53. The number of rotatable bonds is 4. The molecule has 1 saturated heterocycles. The first-order valence-electron chi connectivity index (χ1n) is 8.91. The molecule has 0 radical (unpaired) electrons. The first-order chi connectivity index (χ1) is 12.2. The Hall–Kier alpha value is -2.47. The van der Waals surface area contributed by atoms with Gasteiger partial charge in [0, 0.05) is 30.8 Å². The van der Waals surface area contributed by atoms with Crippen LogP contribution in [0.4, 0.5) is 0 Å². The molecular weight excluding hydrogens is 328 g/mol. The average Bonchev–Trinajstić information content (AvgIpc) is 3.05. The third-order valence-corrected chi connectivity index (χ3v) is 4.55. The number of ether oxygens (including phenoxy) is 1. The van der Waals surface area contributed by atoms with Gasteiger partial charge in [0.15, 0.2) is 0 Å². The molecule has 0 aliphatic carbocycles. The standard InChI is InChI=1S/C20H26N4O2/c1-13-7-5-6-8-16(13)26-17-11-14(2)22-18(23-17)15-9-10-24(12-15)19(25)20(3,4)21/h5-8,11,15H,9-10,12,21H2,1-4H3. The molecule has 26 heavy (non-hydrogen) atoms. The van der Waals surface area contributed by atoms with E-state index in [0.29, 0.717) is 19.0 Å². The lowest BCUT2D eigenvalue weighted by molar-refractivity contribution is -0.134. The van der Waals surface area contributed by atoms with Gasteiger partial charge in [0.1, 0.15) is 11.6 Å². The molecule has 1 aromatic carbocycles. The Morgan fingerprint density at radius 3 is 2.69 bits per heavy atom. The minimum Gasteiger partial charge on any atom is -0.439 e. The van der Waals surface area contributed by atoms with Crippen LogP contribution in [0.1, 0.15) is 43.3 Å². The molecule has 0 bridgehead atoms. The minimum absolute atomic E-state index is 0.0379. The van der Waals surface area contributed by atoms with Crippen molar-refractivity contribution in [2.75, 3.05) is 13.1 Å². The first-order valence-corrected chi connectivity index (χ1v) is 8.91. The summed E-state index contributed by atoms with van der Waals surface area (Å²) in [6, 6.07) is 9.66. The van der Waals surface area contributed by atoms with Gasteiger partial charge in [0.2, 0.25) is 11.8 Å². The van der Waals surface area contributed by atoms with Crippen molar-refractivity contribution in [1.82, 2.24) is 14.9 Å². The summed E-state index contributed by atoms with van der Waals surface area (Å²) >= 11 is 0. The quantitative estimate of drug-likeness (QED) is 0.913. The number of aromatic nitrogens is 2. The summed E-state index contributed by atoms with van der Waals surface area (Å²) in [7, 11) is 0. The van der Waals surface area contributed by atoms with Gasteiger partial charge in [-0.05, 0) is 45.7 Å². The number of aryl methyl sites for hydroxylation is 2. The highest BCUT2D eigenvalue weighted by molar-refractivity contribution is 5.85. The molecule has 138 valence electrons. The molecule has 3 rings (SSSR count). The van der Waals surface area contributed by atoms with Gasteiger partial charge in [0.05, 0.1) is 5.54 Å². The van der Waals surface area contributed by atoms with Gasteiger partial charge < -0.3 is 15.4 Å². The minimum atomic E-state index is -0.860. The number of hydrogen-bond acceptors (Lipinski definition) is 5. The number of hydrogen-bond donors (Lipinski definition) is 1. The molecule has 2 heterocycles. The molecule has 1 fully saturated rings. The molecule has 1 aromatic heterocycles. The normalized spacial score (nSPS) is 17.4. The number of amides is 1. The molecule has 1 amide bonds. The predicted molar refractivity (Wildman–Crippen MR) is 100 cm³/mol. The van der Waals surface area contributed by atoms with E-state index in [1.54, 1.807) is 18.7 Å². The number of para-hydroxylation sites is 1. The third kappa shape index (κ3) is 4.02. The Morgan fingerprint density at radius 1 is 1.27 bits per heavy atom. The van der Waals surface area contributed by atoms with Crippen LogP contribution in [0.5, 0.6) is 11.6 Å². The van der Waals surface area contributed by atoms with Crippen molar-refractivity contribution in [3.8, 4) is 11.6 Å². The fraction of sp³-hybridized carbons (Fsp3) is 0.450. The topological polar surface area (TPSA) is 81.3 Å². The van der Waals surface area contributed by atoms with Crippen molar-refractivity contribution in [3.63, 3.8) is 0 Å². The Balaban J connectivity index is 1.78. The molecule has 6 nitrogen and oxygen atoms in total. The maximum Gasteiger partial charge on any atom is 0.242 e. The summed E-state index contributed by atoms with van der Waals surface area (Å²) in [5.74, 6) is 2.10. The molecule has 2 aromatic rings. The number of benzene rings is 1. The van der Waals surface area contributed by atoms with E-state index in [-0.39, 0.29) is 11.8 Å². The lowest BCUT2D eigenvalue weighted by Crippen LogP contribution is -2.50. The summed E-state index contributed by atoms with van der Waals surface area (Å²) in [6.07, 6.45) is 0.828. The zero-order chi connectivity index (χ0) is 18.9. The lowest BCUT2D eigenvalue weighted by atomic mass is 10.1. The number of nitrogens with zero attached hydrogens (tertiary/aromatic N) is 3. The number of carbonyl (C=O) groups excluding carboxylic acids is 1. The van der Waals surface area contributed by atoms with E-state index in [1.165, 1.54) is 0 Å². The van der Waals surface area contributed by atoms with Crippen molar-refractivity contribution in [2.45, 2.75) is 45.6 Å². The van der Waals surface area contributed by atoms with Crippen LogP contribution in [0.3, 0.4) is 0 Å². The summed E-state index contributed by atoms with van der Waals surface area (Å²) < 4.78 is 5.97. The molecule has 1 aliphatic rings. The molecule has 1 unspecified atom stereocenters. The predicted octanol–water partition coefficient (Wildman–Crippen LogP) is 2.94. The third-order valence-electron chi connectivity index (χ3n) is 4.55. The fourth-order valence-electron chi connectivity index (χ4n) is 3.14. The Morgan fingerprint density at radius 2 is 2.00 bits per heavy atom. The summed E-state index contributed by atoms with van der Waals surface area (Å²) in [6.45, 7) is 8.66. The molecule has 0 saturated carbocycles. The van der Waals surface area contributed by atoms with Crippen molar-refractivity contribution in [1.29, 1.82) is 0 Å². The van der Waals surface area contributed by atoms with Crippen LogP contribution in [0, 0.1) is 13.8 Å².